The minimum Gasteiger partial charge on any atom is -0.280 e. The molecule has 0 unspecified atom stereocenters. The quantitative estimate of drug-likeness (QED) is 0.618. The van der Waals surface area contributed by atoms with Crippen LogP contribution in [0.2, 0.25) is 0 Å². The van der Waals surface area contributed by atoms with Crippen LogP contribution in [0.3, 0.4) is 0 Å². The van der Waals surface area contributed by atoms with E-state index < -0.39 is 0 Å². The first-order valence-electron chi connectivity index (χ1n) is 6.84. The first kappa shape index (κ1) is 16.0. The van der Waals surface area contributed by atoms with Gasteiger partial charge in [-0.25, -0.2) is 9.37 Å². The van der Waals surface area contributed by atoms with Gasteiger partial charge in [0, 0.05) is 28.3 Å². The van der Waals surface area contributed by atoms with Gasteiger partial charge in [0.1, 0.15) is 5.82 Å². The lowest BCUT2D eigenvalue weighted by atomic mass is 10.2. The highest BCUT2D eigenvalue weighted by Gasteiger charge is 2.07. The number of aromatic nitrogens is 2. The second kappa shape index (κ2) is 7.10. The topological polar surface area (TPSA) is 34.9 Å². The van der Waals surface area contributed by atoms with Crippen molar-refractivity contribution < 1.29 is 4.39 Å². The van der Waals surface area contributed by atoms with Crippen molar-refractivity contribution in [1.82, 2.24) is 9.55 Å². The zero-order chi connectivity index (χ0) is 16.2. The molecule has 0 aliphatic carbocycles. The summed E-state index contributed by atoms with van der Waals surface area (Å²) in [6, 6.07) is 13.7. The van der Waals surface area contributed by atoms with Gasteiger partial charge in [-0.3, -0.25) is 9.36 Å². The Bertz CT molecular complexity index is 863. The molecule has 0 aliphatic rings. The van der Waals surface area contributed by atoms with Crippen molar-refractivity contribution in [3.05, 3.63) is 87.1 Å². The van der Waals surface area contributed by atoms with E-state index in [9.17, 15) is 9.18 Å². The van der Waals surface area contributed by atoms with E-state index in [1.807, 2.05) is 24.3 Å². The summed E-state index contributed by atoms with van der Waals surface area (Å²) >= 11 is 4.72. The summed E-state index contributed by atoms with van der Waals surface area (Å²) in [7, 11) is 0. The SMILES string of the molecule is O=c1c(SCc2ccc(F)cc2)nccn1-c1ccc(Br)cc1. The van der Waals surface area contributed by atoms with Crippen LogP contribution in [0, 0.1) is 5.82 Å². The van der Waals surface area contributed by atoms with Crippen LogP contribution in [-0.4, -0.2) is 9.55 Å². The standard InChI is InChI=1S/C17H12BrFN2OS/c18-13-3-7-15(8-4-13)21-10-9-20-16(17(21)22)23-11-12-1-5-14(19)6-2-12/h1-10H,11H2. The number of rotatable bonds is 4. The second-order valence-electron chi connectivity index (χ2n) is 4.80. The number of halogens is 2. The lowest BCUT2D eigenvalue weighted by molar-refractivity contribution is 0.627. The van der Waals surface area contributed by atoms with Gasteiger partial charge >= 0.3 is 0 Å². The Morgan fingerprint density at radius 1 is 1.09 bits per heavy atom. The number of hydrogen-bond acceptors (Lipinski definition) is 3. The van der Waals surface area contributed by atoms with Crippen LogP contribution >= 0.6 is 27.7 Å². The number of hydrogen-bond donors (Lipinski definition) is 0. The summed E-state index contributed by atoms with van der Waals surface area (Å²) < 4.78 is 15.4. The molecule has 0 N–H and O–H groups in total. The monoisotopic (exact) mass is 390 g/mol. The van der Waals surface area contributed by atoms with E-state index in [4.69, 9.17) is 0 Å². The van der Waals surface area contributed by atoms with E-state index in [1.165, 1.54) is 23.9 Å². The smallest absolute Gasteiger partial charge is 0.280 e. The Morgan fingerprint density at radius 3 is 2.48 bits per heavy atom. The lowest BCUT2D eigenvalue weighted by Crippen LogP contribution is -2.20. The van der Waals surface area contributed by atoms with E-state index in [1.54, 1.807) is 29.1 Å². The molecule has 0 saturated carbocycles. The predicted molar refractivity (Wildman–Crippen MR) is 93.5 cm³/mol. The zero-order valence-corrected chi connectivity index (χ0v) is 14.3. The molecule has 1 heterocycles. The summed E-state index contributed by atoms with van der Waals surface area (Å²) in [4.78, 5) is 16.7. The number of thioether (sulfide) groups is 1. The highest BCUT2D eigenvalue weighted by Crippen LogP contribution is 2.19. The zero-order valence-electron chi connectivity index (χ0n) is 11.9. The Balaban J connectivity index is 1.83. The van der Waals surface area contributed by atoms with Gasteiger partial charge in [0.05, 0.1) is 0 Å². The second-order valence-corrected chi connectivity index (χ2v) is 6.68. The first-order valence-corrected chi connectivity index (χ1v) is 8.62. The van der Waals surface area contributed by atoms with Crippen LogP contribution in [0.15, 0.2) is 75.2 Å². The molecule has 0 bridgehead atoms. The number of nitrogens with zero attached hydrogens (tertiary/aromatic N) is 2. The maximum atomic E-state index is 12.9. The summed E-state index contributed by atoms with van der Waals surface area (Å²) in [6.07, 6.45) is 3.25. The molecule has 0 spiro atoms. The van der Waals surface area contributed by atoms with Gasteiger partial charge < -0.3 is 0 Å². The third-order valence-corrected chi connectivity index (χ3v) is 4.76. The molecular formula is C17H12BrFN2OS. The van der Waals surface area contributed by atoms with Crippen LogP contribution in [0.4, 0.5) is 4.39 Å². The molecule has 0 amide bonds. The molecule has 23 heavy (non-hydrogen) atoms. The van der Waals surface area contributed by atoms with Gasteiger partial charge in [-0.05, 0) is 42.0 Å². The van der Waals surface area contributed by atoms with Gasteiger partial charge in [-0.15, -0.1) is 0 Å². The van der Waals surface area contributed by atoms with Crippen LogP contribution in [0.1, 0.15) is 5.56 Å². The van der Waals surface area contributed by atoms with Gasteiger partial charge in [-0.1, -0.05) is 39.8 Å². The maximum absolute atomic E-state index is 12.9. The molecule has 116 valence electrons. The van der Waals surface area contributed by atoms with Crippen LogP contribution < -0.4 is 5.56 Å². The van der Waals surface area contributed by atoms with E-state index in [2.05, 4.69) is 20.9 Å². The molecule has 0 saturated heterocycles. The average Bonchev–Trinajstić information content (AvgIpc) is 2.56. The fourth-order valence-electron chi connectivity index (χ4n) is 2.03. The summed E-state index contributed by atoms with van der Waals surface area (Å²) in [5.74, 6) is 0.293. The van der Waals surface area contributed by atoms with Crippen LogP contribution in [0.5, 0.6) is 0 Å². The number of benzene rings is 2. The van der Waals surface area contributed by atoms with Crippen molar-refractivity contribution in [2.24, 2.45) is 0 Å². The van der Waals surface area contributed by atoms with Crippen molar-refractivity contribution >= 4 is 27.7 Å². The Morgan fingerprint density at radius 2 is 1.78 bits per heavy atom. The minimum absolute atomic E-state index is 0.165. The Hall–Kier alpha value is -1.92. The van der Waals surface area contributed by atoms with Crippen molar-refractivity contribution in [1.29, 1.82) is 0 Å². The van der Waals surface area contributed by atoms with Gasteiger partial charge in [-0.2, -0.15) is 0 Å². The molecule has 1 aromatic heterocycles. The summed E-state index contributed by atoms with van der Waals surface area (Å²) in [5.41, 5.74) is 1.56. The van der Waals surface area contributed by atoms with Gasteiger partial charge in [0.25, 0.3) is 5.56 Å². The average molecular weight is 391 g/mol. The summed E-state index contributed by atoms with van der Waals surface area (Å²) in [5, 5.41) is 0.416. The maximum Gasteiger partial charge on any atom is 0.287 e. The normalized spacial score (nSPS) is 10.7. The van der Waals surface area contributed by atoms with E-state index in [-0.39, 0.29) is 11.4 Å². The van der Waals surface area contributed by atoms with Gasteiger partial charge in [0.15, 0.2) is 5.03 Å². The van der Waals surface area contributed by atoms with E-state index in [0.717, 1.165) is 15.7 Å². The highest BCUT2D eigenvalue weighted by molar-refractivity contribution is 9.10. The van der Waals surface area contributed by atoms with E-state index >= 15 is 0 Å². The molecule has 6 heteroatoms. The van der Waals surface area contributed by atoms with Gasteiger partial charge in [0.2, 0.25) is 0 Å². The fourth-order valence-corrected chi connectivity index (χ4v) is 3.15. The first-order chi connectivity index (χ1) is 11.1. The molecular weight excluding hydrogens is 379 g/mol. The Kier molecular flexibility index (Phi) is 4.93. The fraction of sp³-hybridized carbons (Fsp3) is 0.0588. The van der Waals surface area contributed by atoms with Crippen molar-refractivity contribution in [2.45, 2.75) is 10.8 Å². The van der Waals surface area contributed by atoms with Crippen molar-refractivity contribution in [3.8, 4) is 5.69 Å². The van der Waals surface area contributed by atoms with Crippen molar-refractivity contribution in [3.63, 3.8) is 0 Å². The molecule has 0 aliphatic heterocycles. The molecule has 2 aromatic carbocycles. The van der Waals surface area contributed by atoms with Crippen LogP contribution in [0.25, 0.3) is 5.69 Å². The molecule has 3 nitrogen and oxygen atoms in total. The molecule has 3 rings (SSSR count). The minimum atomic E-state index is -0.269. The van der Waals surface area contributed by atoms with Crippen LogP contribution in [-0.2, 0) is 5.75 Å². The molecule has 0 radical (unpaired) electrons. The third kappa shape index (κ3) is 3.89. The highest BCUT2D eigenvalue weighted by atomic mass is 79.9. The predicted octanol–water partition coefficient (Wildman–Crippen LogP) is 4.43. The lowest BCUT2D eigenvalue weighted by Gasteiger charge is -2.07. The van der Waals surface area contributed by atoms with E-state index in [0.29, 0.717) is 10.8 Å². The third-order valence-electron chi connectivity index (χ3n) is 3.20. The molecule has 0 fully saturated rings. The summed E-state index contributed by atoms with van der Waals surface area (Å²) in [6.45, 7) is 0. The Labute approximate surface area is 145 Å². The molecule has 0 atom stereocenters. The largest absolute Gasteiger partial charge is 0.287 e. The molecule has 3 aromatic rings. The van der Waals surface area contributed by atoms with Crippen molar-refractivity contribution in [2.75, 3.05) is 0 Å².